The molecule has 0 fully saturated rings. The molecule has 3 aliphatic carbocycles. The van der Waals surface area contributed by atoms with E-state index in [2.05, 4.69) is 104 Å². The number of allylic oxidation sites excluding steroid dienone is 6. The molecule has 4 heteroatoms. The highest BCUT2D eigenvalue weighted by atomic mass is 15.2. The molecule has 0 saturated carbocycles. The first-order valence-corrected chi connectivity index (χ1v) is 15.8. The number of para-hydroxylation sites is 1. The summed E-state index contributed by atoms with van der Waals surface area (Å²) in [5.41, 5.74) is 10.4. The quantitative estimate of drug-likeness (QED) is 0.247. The molecule has 44 heavy (non-hydrogen) atoms. The molecule has 0 spiro atoms. The Bertz CT molecular complexity index is 1900. The molecule has 0 amide bonds. The Balaban J connectivity index is 1.17. The highest BCUT2D eigenvalue weighted by Gasteiger charge is 2.53. The number of nitrogens with zero attached hydrogens (tertiary/aromatic N) is 4. The molecule has 0 N–H and O–H groups in total. The van der Waals surface area contributed by atoms with Gasteiger partial charge in [-0.15, -0.1) is 0 Å². The summed E-state index contributed by atoms with van der Waals surface area (Å²) < 4.78 is 0. The maximum absolute atomic E-state index is 5.06. The van der Waals surface area contributed by atoms with Crippen LogP contribution in [0.1, 0.15) is 49.6 Å². The van der Waals surface area contributed by atoms with Crippen molar-refractivity contribution in [1.29, 1.82) is 0 Å². The van der Waals surface area contributed by atoms with Gasteiger partial charge in [-0.25, -0.2) is 15.0 Å². The lowest BCUT2D eigenvalue weighted by atomic mass is 9.64. The number of fused-ring (bicyclic) bond motifs is 6. The van der Waals surface area contributed by atoms with Gasteiger partial charge in [-0.05, 0) is 35.1 Å². The lowest BCUT2D eigenvalue weighted by Gasteiger charge is -2.51. The van der Waals surface area contributed by atoms with Crippen LogP contribution in [-0.4, -0.2) is 27.0 Å². The molecule has 0 saturated heterocycles. The first kappa shape index (κ1) is 25.6. The van der Waals surface area contributed by atoms with Crippen LogP contribution in [0.15, 0.2) is 133 Å². The zero-order valence-electron chi connectivity index (χ0n) is 25.1. The van der Waals surface area contributed by atoms with Crippen LogP contribution in [0.5, 0.6) is 0 Å². The largest absolute Gasteiger partial charge is 0.357 e. The minimum absolute atomic E-state index is 0.0725. The van der Waals surface area contributed by atoms with Crippen molar-refractivity contribution in [2.24, 2.45) is 5.92 Å². The van der Waals surface area contributed by atoms with Crippen LogP contribution in [0.25, 0.3) is 28.3 Å². The average molecular weight is 571 g/mol. The summed E-state index contributed by atoms with van der Waals surface area (Å²) in [7, 11) is 0. The zero-order chi connectivity index (χ0) is 29.4. The molecule has 5 aliphatic rings. The van der Waals surface area contributed by atoms with Crippen molar-refractivity contribution in [3.8, 4) is 22.8 Å². The number of aromatic nitrogens is 3. The van der Waals surface area contributed by atoms with Crippen LogP contribution in [-0.2, 0) is 5.41 Å². The van der Waals surface area contributed by atoms with Crippen LogP contribution in [0, 0.1) is 5.92 Å². The SMILES string of the molecule is CC1(C)c2cccc3c2N(C2C=CC4=C(C=CCC4)C32)C2C=CC(c3nc(-c4ccccc4)nc(-c4ccccc4)n3)=CC21. The van der Waals surface area contributed by atoms with Gasteiger partial charge in [0.2, 0.25) is 0 Å². The molecule has 4 nitrogen and oxygen atoms in total. The van der Waals surface area contributed by atoms with Gasteiger partial charge in [0.05, 0.1) is 12.1 Å². The fourth-order valence-corrected chi connectivity index (χ4v) is 8.25. The molecule has 3 aromatic carbocycles. The van der Waals surface area contributed by atoms with E-state index in [1.165, 1.54) is 28.0 Å². The van der Waals surface area contributed by atoms with Crippen LogP contribution in [0.4, 0.5) is 5.69 Å². The van der Waals surface area contributed by atoms with E-state index in [4.69, 9.17) is 15.0 Å². The van der Waals surface area contributed by atoms with Gasteiger partial charge in [-0.1, -0.05) is 135 Å². The van der Waals surface area contributed by atoms with Crippen LogP contribution >= 0.6 is 0 Å². The maximum atomic E-state index is 5.06. The summed E-state index contributed by atoms with van der Waals surface area (Å²) in [5, 5.41) is 0. The normalized spacial score (nSPS) is 25.2. The molecular weight excluding hydrogens is 536 g/mol. The fourth-order valence-electron chi connectivity index (χ4n) is 8.25. The Hall–Kier alpha value is -4.83. The first-order chi connectivity index (χ1) is 21.6. The van der Waals surface area contributed by atoms with E-state index >= 15 is 0 Å². The predicted molar refractivity (Wildman–Crippen MR) is 178 cm³/mol. The summed E-state index contributed by atoms with van der Waals surface area (Å²) >= 11 is 0. The van der Waals surface area contributed by atoms with Crippen molar-refractivity contribution in [1.82, 2.24) is 15.0 Å². The van der Waals surface area contributed by atoms with Gasteiger partial charge in [0.1, 0.15) is 0 Å². The summed E-state index contributed by atoms with van der Waals surface area (Å²) in [6.45, 7) is 4.85. The molecule has 3 heterocycles. The second-order valence-corrected chi connectivity index (χ2v) is 13.2. The fraction of sp³-hybridized carbons (Fsp3) is 0.225. The molecule has 9 rings (SSSR count). The van der Waals surface area contributed by atoms with Crippen molar-refractivity contribution in [2.75, 3.05) is 4.90 Å². The number of hydrogen-bond donors (Lipinski definition) is 0. The van der Waals surface area contributed by atoms with Gasteiger partial charge in [0.15, 0.2) is 17.5 Å². The monoisotopic (exact) mass is 570 g/mol. The van der Waals surface area contributed by atoms with E-state index in [0.29, 0.717) is 23.6 Å². The molecule has 4 atom stereocenters. The van der Waals surface area contributed by atoms with Crippen LogP contribution in [0.2, 0.25) is 0 Å². The van der Waals surface area contributed by atoms with E-state index in [1.54, 1.807) is 0 Å². The van der Waals surface area contributed by atoms with Gasteiger partial charge in [-0.3, -0.25) is 0 Å². The van der Waals surface area contributed by atoms with Crippen LogP contribution < -0.4 is 4.90 Å². The van der Waals surface area contributed by atoms with E-state index in [-0.39, 0.29) is 17.4 Å². The van der Waals surface area contributed by atoms with Crippen molar-refractivity contribution in [3.05, 3.63) is 149 Å². The number of anilines is 1. The second-order valence-electron chi connectivity index (χ2n) is 13.2. The van der Waals surface area contributed by atoms with E-state index in [1.807, 2.05) is 36.4 Å². The first-order valence-electron chi connectivity index (χ1n) is 15.8. The van der Waals surface area contributed by atoms with Gasteiger partial charge in [0.25, 0.3) is 0 Å². The van der Waals surface area contributed by atoms with Gasteiger partial charge in [-0.2, -0.15) is 0 Å². The Morgan fingerprint density at radius 2 is 1.39 bits per heavy atom. The number of hydrogen-bond acceptors (Lipinski definition) is 4. The highest BCUT2D eigenvalue weighted by molar-refractivity contribution is 5.80. The van der Waals surface area contributed by atoms with Gasteiger partial charge < -0.3 is 4.90 Å². The van der Waals surface area contributed by atoms with Gasteiger partial charge >= 0.3 is 0 Å². The zero-order valence-corrected chi connectivity index (χ0v) is 25.1. The lowest BCUT2D eigenvalue weighted by molar-refractivity contribution is 0.317. The minimum atomic E-state index is -0.0725. The molecule has 214 valence electrons. The third kappa shape index (κ3) is 3.73. The number of benzene rings is 3. The molecular formula is C40H34N4. The predicted octanol–water partition coefficient (Wildman–Crippen LogP) is 8.62. The molecule has 0 radical (unpaired) electrons. The summed E-state index contributed by atoms with van der Waals surface area (Å²) in [4.78, 5) is 17.8. The Labute approximate surface area is 258 Å². The lowest BCUT2D eigenvalue weighted by Crippen LogP contribution is -2.54. The molecule has 4 aromatic rings. The summed E-state index contributed by atoms with van der Waals surface area (Å²) in [6, 6.07) is 28.1. The average Bonchev–Trinajstić information content (AvgIpc) is 3.43. The summed E-state index contributed by atoms with van der Waals surface area (Å²) in [5.74, 6) is 2.76. The third-order valence-electron chi connectivity index (χ3n) is 10.4. The third-order valence-corrected chi connectivity index (χ3v) is 10.4. The highest BCUT2D eigenvalue weighted by Crippen LogP contribution is 2.59. The van der Waals surface area contributed by atoms with Crippen molar-refractivity contribution < 1.29 is 0 Å². The Morgan fingerprint density at radius 3 is 2.11 bits per heavy atom. The molecule has 4 unspecified atom stereocenters. The second kappa shape index (κ2) is 9.59. The smallest absolute Gasteiger partial charge is 0.164 e. The van der Waals surface area contributed by atoms with Crippen molar-refractivity contribution >= 4 is 11.3 Å². The van der Waals surface area contributed by atoms with Crippen molar-refractivity contribution in [2.45, 2.75) is 50.1 Å². The number of rotatable bonds is 3. The topological polar surface area (TPSA) is 41.9 Å². The molecule has 1 aromatic heterocycles. The molecule has 0 bridgehead atoms. The standard InChI is InChI=1S/C40H34N4/c1-40(2)31-19-11-18-30-35-29-17-10-9-12-25(29)20-23-34(35)44(36(30)31)33-22-21-28(24-32(33)40)39-42-37(26-13-5-3-6-14-26)41-38(43-39)27-15-7-4-8-16-27/h3-8,10-11,13-24,32-35H,9,12H2,1-2H3. The van der Waals surface area contributed by atoms with E-state index < -0.39 is 0 Å². The van der Waals surface area contributed by atoms with Gasteiger partial charge in [0, 0.05) is 39.6 Å². The van der Waals surface area contributed by atoms with Crippen molar-refractivity contribution in [3.63, 3.8) is 0 Å². The minimum Gasteiger partial charge on any atom is -0.357 e. The van der Waals surface area contributed by atoms with E-state index in [0.717, 1.165) is 35.4 Å². The summed E-state index contributed by atoms with van der Waals surface area (Å²) in [6.07, 6.45) is 19.1. The Kier molecular flexibility index (Phi) is 5.59. The van der Waals surface area contributed by atoms with Crippen LogP contribution in [0.3, 0.4) is 0 Å². The molecule has 2 aliphatic heterocycles. The maximum Gasteiger partial charge on any atom is 0.164 e. The Morgan fingerprint density at radius 1 is 0.705 bits per heavy atom. The van der Waals surface area contributed by atoms with E-state index in [9.17, 15) is 0 Å².